The number of carbonyl (C=O) groups is 2. The average Bonchev–Trinajstić information content (AvgIpc) is 3.63. The van der Waals surface area contributed by atoms with Crippen LogP contribution in [0, 0.1) is 11.8 Å². The summed E-state index contributed by atoms with van der Waals surface area (Å²) < 4.78 is 52.5. The number of rotatable bonds is 6. The molecule has 220 valence electrons. The molecule has 1 saturated carbocycles. The van der Waals surface area contributed by atoms with Gasteiger partial charge in [-0.15, -0.1) is 5.10 Å². The molecule has 6 rings (SSSR count). The summed E-state index contributed by atoms with van der Waals surface area (Å²) >= 11 is 0. The van der Waals surface area contributed by atoms with E-state index in [4.69, 9.17) is 9.15 Å². The topological polar surface area (TPSA) is 111 Å². The third-order valence-electron chi connectivity index (χ3n) is 8.19. The second-order valence-electron chi connectivity index (χ2n) is 10.8. The maximum Gasteiger partial charge on any atom is 0.391 e. The van der Waals surface area contributed by atoms with Gasteiger partial charge in [0.25, 0.3) is 0 Å². The number of halogens is 3. The van der Waals surface area contributed by atoms with Crippen molar-refractivity contribution >= 4 is 28.8 Å². The smallest absolute Gasteiger partial charge is 0.391 e. The van der Waals surface area contributed by atoms with Gasteiger partial charge in [0.15, 0.2) is 11.4 Å². The molecule has 2 fully saturated rings. The first-order chi connectivity index (χ1) is 20.2. The van der Waals surface area contributed by atoms with Crippen molar-refractivity contribution in [3.8, 4) is 17.0 Å². The minimum absolute atomic E-state index is 0.00946. The number of aromatic nitrogens is 3. The number of anilines is 1. The van der Waals surface area contributed by atoms with Crippen LogP contribution in [0.25, 0.3) is 28.1 Å². The molecular formula is C30H29F3N4O5. The molecule has 9 nitrogen and oxygen atoms in total. The summed E-state index contributed by atoms with van der Waals surface area (Å²) in [5.74, 6) is -3.09. The number of carbonyl (C=O) groups excluding carboxylic acids is 1. The molecule has 1 aromatic carbocycles. The molecule has 0 spiro atoms. The number of aromatic carboxylic acids is 1. The van der Waals surface area contributed by atoms with Gasteiger partial charge >= 0.3 is 12.1 Å². The Morgan fingerprint density at radius 2 is 1.71 bits per heavy atom. The number of hydrogen-bond acceptors (Lipinski definition) is 6. The summed E-state index contributed by atoms with van der Waals surface area (Å²) in [5, 5.41) is 14.7. The lowest BCUT2D eigenvalue weighted by Gasteiger charge is -2.37. The van der Waals surface area contributed by atoms with E-state index < -0.39 is 24.0 Å². The zero-order chi connectivity index (χ0) is 29.4. The summed E-state index contributed by atoms with van der Waals surface area (Å²) in [6.07, 6.45) is -0.395. The number of carboxylic acids is 1. The van der Waals surface area contributed by atoms with Gasteiger partial charge in [0.1, 0.15) is 16.8 Å². The first-order valence-corrected chi connectivity index (χ1v) is 13.9. The zero-order valence-corrected chi connectivity index (χ0v) is 22.6. The van der Waals surface area contributed by atoms with Crippen molar-refractivity contribution in [3.63, 3.8) is 0 Å². The van der Waals surface area contributed by atoms with Crippen LogP contribution in [-0.2, 0) is 9.53 Å². The van der Waals surface area contributed by atoms with Gasteiger partial charge in [-0.25, -0.2) is 9.48 Å². The van der Waals surface area contributed by atoms with Crippen molar-refractivity contribution in [3.05, 3.63) is 60.4 Å². The summed E-state index contributed by atoms with van der Waals surface area (Å²) in [5.41, 5.74) is 2.57. The Bertz CT molecular complexity index is 1550. The van der Waals surface area contributed by atoms with Gasteiger partial charge in [-0.3, -0.25) is 14.7 Å². The summed E-state index contributed by atoms with van der Waals surface area (Å²) in [4.78, 5) is 32.0. The third kappa shape index (κ3) is 5.50. The molecule has 0 unspecified atom stereocenters. The van der Waals surface area contributed by atoms with Crippen LogP contribution in [0.3, 0.4) is 0 Å². The van der Waals surface area contributed by atoms with Gasteiger partial charge in [0, 0.05) is 49.2 Å². The number of furan rings is 1. The quantitative estimate of drug-likeness (QED) is 0.286. The molecule has 0 atom stereocenters. The Kier molecular flexibility index (Phi) is 7.48. The first-order valence-electron chi connectivity index (χ1n) is 13.9. The standard InChI is InChI=1S/C30H29F3N4O5/c31-30(32,33)20-7-3-19(4-8-20)28(38)37(22-11-14-41-15-12-22)27-23(29(39)40)17-36(35-27)21-9-5-18(6-10-21)26-16-24-25(42-26)2-1-13-34-24/h1-2,5-6,9-10,13,16-17,19-20,22H,3-4,7-8,11-12,14-15H2,(H,39,40)/t19-,20-. The summed E-state index contributed by atoms with van der Waals surface area (Å²) in [7, 11) is 0. The van der Waals surface area contributed by atoms with E-state index in [0.29, 0.717) is 43.1 Å². The third-order valence-corrected chi connectivity index (χ3v) is 8.19. The van der Waals surface area contributed by atoms with E-state index in [-0.39, 0.29) is 49.0 Å². The Hall–Kier alpha value is -4.19. The van der Waals surface area contributed by atoms with E-state index in [1.165, 1.54) is 15.8 Å². The van der Waals surface area contributed by atoms with Crippen LogP contribution in [0.5, 0.6) is 0 Å². The highest BCUT2D eigenvalue weighted by Gasteiger charge is 2.44. The number of alkyl halides is 3. The van der Waals surface area contributed by atoms with Crippen molar-refractivity contribution in [2.45, 2.75) is 50.7 Å². The molecule has 3 aromatic heterocycles. The molecular weight excluding hydrogens is 553 g/mol. The normalized spacial score (nSPS) is 20.1. The van der Waals surface area contributed by atoms with Gasteiger partial charge in [0.2, 0.25) is 5.91 Å². The predicted molar refractivity (Wildman–Crippen MR) is 146 cm³/mol. The average molecular weight is 583 g/mol. The van der Waals surface area contributed by atoms with Crippen molar-refractivity contribution in [1.29, 1.82) is 0 Å². The highest BCUT2D eigenvalue weighted by molar-refractivity contribution is 6.02. The second-order valence-corrected chi connectivity index (χ2v) is 10.8. The SMILES string of the molecule is O=C(O)c1cn(-c2ccc(-c3cc4ncccc4o3)cc2)nc1N(C(=O)[C@H]1CC[C@H](C(F)(F)F)CC1)C1CCOCC1. The molecule has 1 amide bonds. The lowest BCUT2D eigenvalue weighted by atomic mass is 9.80. The van der Waals surface area contributed by atoms with Crippen LogP contribution in [0.15, 0.2) is 59.3 Å². The van der Waals surface area contributed by atoms with Crippen molar-refractivity contribution in [1.82, 2.24) is 14.8 Å². The molecule has 1 aliphatic carbocycles. The molecule has 4 aromatic rings. The molecule has 2 aliphatic rings. The van der Waals surface area contributed by atoms with Crippen molar-refractivity contribution in [2.24, 2.45) is 11.8 Å². The Balaban J connectivity index is 1.31. The molecule has 42 heavy (non-hydrogen) atoms. The van der Waals surface area contributed by atoms with Gasteiger partial charge in [0.05, 0.1) is 11.6 Å². The lowest BCUT2D eigenvalue weighted by Crippen LogP contribution is -2.48. The molecule has 12 heteroatoms. The lowest BCUT2D eigenvalue weighted by molar-refractivity contribution is -0.184. The fourth-order valence-corrected chi connectivity index (χ4v) is 5.88. The molecule has 1 aliphatic heterocycles. The van der Waals surface area contributed by atoms with Crippen LogP contribution in [0.4, 0.5) is 19.0 Å². The van der Waals surface area contributed by atoms with E-state index in [2.05, 4.69) is 10.1 Å². The highest BCUT2D eigenvalue weighted by atomic mass is 19.4. The van der Waals surface area contributed by atoms with Crippen LogP contribution < -0.4 is 4.90 Å². The Morgan fingerprint density at radius 3 is 2.36 bits per heavy atom. The van der Waals surface area contributed by atoms with Crippen LogP contribution in [-0.4, -0.2) is 57.2 Å². The van der Waals surface area contributed by atoms with E-state index in [0.717, 1.165) is 11.1 Å². The fraction of sp³-hybridized carbons (Fsp3) is 0.400. The zero-order valence-electron chi connectivity index (χ0n) is 22.6. The van der Waals surface area contributed by atoms with E-state index >= 15 is 0 Å². The Labute approximate surface area is 238 Å². The van der Waals surface area contributed by atoms with E-state index in [1.54, 1.807) is 24.4 Å². The number of carboxylic acid groups (broad SMARTS) is 1. The predicted octanol–water partition coefficient (Wildman–Crippen LogP) is 6.26. The molecule has 0 bridgehead atoms. The Morgan fingerprint density at radius 1 is 1.00 bits per heavy atom. The number of amides is 1. The summed E-state index contributed by atoms with van der Waals surface area (Å²) in [6.45, 7) is 0.772. The molecule has 1 saturated heterocycles. The van der Waals surface area contributed by atoms with Crippen LogP contribution >= 0.6 is 0 Å². The number of pyridine rings is 1. The maximum absolute atomic E-state index is 13.9. The fourth-order valence-electron chi connectivity index (χ4n) is 5.88. The van der Waals surface area contributed by atoms with Gasteiger partial charge in [-0.05, 0) is 74.9 Å². The maximum atomic E-state index is 13.9. The van der Waals surface area contributed by atoms with Gasteiger partial charge in [-0.2, -0.15) is 13.2 Å². The minimum atomic E-state index is -4.29. The molecule has 0 radical (unpaired) electrons. The summed E-state index contributed by atoms with van der Waals surface area (Å²) in [6, 6.07) is 12.2. The number of fused-ring (bicyclic) bond motifs is 1. The second kappa shape index (κ2) is 11.2. The van der Waals surface area contributed by atoms with Gasteiger partial charge < -0.3 is 14.3 Å². The molecule has 1 N–H and O–H groups in total. The van der Waals surface area contributed by atoms with E-state index in [9.17, 15) is 27.9 Å². The van der Waals surface area contributed by atoms with Gasteiger partial charge in [-0.1, -0.05) is 0 Å². The number of ether oxygens (including phenoxy) is 1. The number of nitrogens with zero attached hydrogens (tertiary/aromatic N) is 4. The van der Waals surface area contributed by atoms with Crippen molar-refractivity contribution < 1.29 is 37.0 Å². The van der Waals surface area contributed by atoms with E-state index in [1.807, 2.05) is 24.3 Å². The molecule has 4 heterocycles. The van der Waals surface area contributed by atoms with Crippen molar-refractivity contribution in [2.75, 3.05) is 18.1 Å². The highest BCUT2D eigenvalue weighted by Crippen LogP contribution is 2.41. The number of hydrogen-bond donors (Lipinski definition) is 1. The largest absolute Gasteiger partial charge is 0.477 e. The number of benzene rings is 1. The van der Waals surface area contributed by atoms with Crippen LogP contribution in [0.1, 0.15) is 48.9 Å². The van der Waals surface area contributed by atoms with Crippen LogP contribution in [0.2, 0.25) is 0 Å². The minimum Gasteiger partial charge on any atom is -0.477 e. The monoisotopic (exact) mass is 582 g/mol. The first kappa shape index (κ1) is 28.0.